The third-order valence-corrected chi connectivity index (χ3v) is 4.67. The smallest absolute Gasteiger partial charge is 0.242 e. The van der Waals surface area contributed by atoms with Crippen LogP contribution in [0.3, 0.4) is 0 Å². The number of anilines is 1. The van der Waals surface area contributed by atoms with Gasteiger partial charge >= 0.3 is 0 Å². The van der Waals surface area contributed by atoms with Gasteiger partial charge in [-0.25, -0.2) is 0 Å². The van der Waals surface area contributed by atoms with Crippen molar-refractivity contribution >= 4 is 29.0 Å². The molecule has 7 nitrogen and oxygen atoms in total. The van der Waals surface area contributed by atoms with Crippen LogP contribution >= 0.6 is 11.3 Å². The zero-order valence-corrected chi connectivity index (χ0v) is 13.9. The largest absolute Gasteiger partial charge is 0.353 e. The summed E-state index contributed by atoms with van der Waals surface area (Å²) in [4.78, 5) is 27.4. The van der Waals surface area contributed by atoms with Gasteiger partial charge in [0.25, 0.3) is 0 Å². The van der Waals surface area contributed by atoms with Crippen molar-refractivity contribution < 1.29 is 9.59 Å². The maximum Gasteiger partial charge on any atom is 0.242 e. The SMILES string of the molecule is Cc1cc(NC(=O)CN2CCNC(=O)C2c2cccs2)n(C)n1. The second kappa shape index (κ2) is 6.51. The summed E-state index contributed by atoms with van der Waals surface area (Å²) in [6.07, 6.45) is 0. The van der Waals surface area contributed by atoms with Crippen LogP contribution in [0.4, 0.5) is 5.82 Å². The number of carbonyl (C=O) groups is 2. The lowest BCUT2D eigenvalue weighted by Gasteiger charge is -2.33. The first kappa shape index (κ1) is 15.7. The third kappa shape index (κ3) is 3.43. The first-order valence-corrected chi connectivity index (χ1v) is 8.28. The Morgan fingerprint density at radius 3 is 3.04 bits per heavy atom. The van der Waals surface area contributed by atoms with Crippen LogP contribution < -0.4 is 10.6 Å². The van der Waals surface area contributed by atoms with Gasteiger partial charge in [0.2, 0.25) is 11.8 Å². The highest BCUT2D eigenvalue weighted by atomic mass is 32.1. The number of rotatable bonds is 4. The number of nitrogens with zero attached hydrogens (tertiary/aromatic N) is 3. The lowest BCUT2D eigenvalue weighted by Crippen LogP contribution is -2.51. The van der Waals surface area contributed by atoms with E-state index in [1.807, 2.05) is 35.4 Å². The normalized spacial score (nSPS) is 18.7. The molecule has 1 saturated heterocycles. The predicted molar refractivity (Wildman–Crippen MR) is 88.2 cm³/mol. The molecule has 1 aliphatic heterocycles. The van der Waals surface area contributed by atoms with Crippen LogP contribution in [0.1, 0.15) is 16.6 Å². The molecule has 23 heavy (non-hydrogen) atoms. The summed E-state index contributed by atoms with van der Waals surface area (Å²) in [5.74, 6) is 0.453. The molecule has 1 unspecified atom stereocenters. The second-order valence-electron chi connectivity index (χ2n) is 5.52. The molecule has 1 atom stereocenters. The topological polar surface area (TPSA) is 79.3 Å². The second-order valence-corrected chi connectivity index (χ2v) is 6.50. The van der Waals surface area contributed by atoms with Gasteiger partial charge in [-0.2, -0.15) is 5.10 Å². The number of aromatic nitrogens is 2. The molecule has 0 aromatic carbocycles. The summed E-state index contributed by atoms with van der Waals surface area (Å²) in [6.45, 7) is 3.24. The third-order valence-electron chi connectivity index (χ3n) is 3.74. The van der Waals surface area contributed by atoms with Gasteiger partial charge in [-0.1, -0.05) is 6.07 Å². The van der Waals surface area contributed by atoms with Crippen LogP contribution in [0.25, 0.3) is 0 Å². The number of carbonyl (C=O) groups excluding carboxylic acids is 2. The van der Waals surface area contributed by atoms with Crippen molar-refractivity contribution in [2.24, 2.45) is 7.05 Å². The van der Waals surface area contributed by atoms with Crippen LogP contribution in [-0.2, 0) is 16.6 Å². The standard InChI is InChI=1S/C15H19N5O2S/c1-10-8-12(19(2)18-10)17-13(21)9-20-6-5-16-15(22)14(20)11-4-3-7-23-11/h3-4,7-8,14H,5-6,9H2,1-2H3,(H,16,22)(H,17,21). The van der Waals surface area contributed by atoms with Crippen LogP contribution in [0.15, 0.2) is 23.6 Å². The molecule has 2 aromatic heterocycles. The van der Waals surface area contributed by atoms with E-state index < -0.39 is 6.04 Å². The molecule has 1 fully saturated rings. The summed E-state index contributed by atoms with van der Waals surface area (Å²) in [5.41, 5.74) is 0.844. The lowest BCUT2D eigenvalue weighted by atomic mass is 10.1. The average molecular weight is 333 g/mol. The molecule has 0 bridgehead atoms. The molecule has 2 amide bonds. The van der Waals surface area contributed by atoms with Gasteiger partial charge in [-0.15, -0.1) is 11.3 Å². The fraction of sp³-hybridized carbons (Fsp3) is 0.400. The Morgan fingerprint density at radius 1 is 1.57 bits per heavy atom. The minimum Gasteiger partial charge on any atom is -0.353 e. The Balaban J connectivity index is 1.71. The fourth-order valence-electron chi connectivity index (χ4n) is 2.74. The van der Waals surface area contributed by atoms with Gasteiger partial charge in [-0.05, 0) is 18.4 Å². The van der Waals surface area contributed by atoms with Crippen molar-refractivity contribution in [2.45, 2.75) is 13.0 Å². The van der Waals surface area contributed by atoms with E-state index in [-0.39, 0.29) is 18.4 Å². The number of amides is 2. The van der Waals surface area contributed by atoms with Crippen molar-refractivity contribution in [3.8, 4) is 0 Å². The highest BCUT2D eigenvalue weighted by molar-refractivity contribution is 7.10. The Bertz CT molecular complexity index is 710. The minimum absolute atomic E-state index is 0.0529. The minimum atomic E-state index is -0.400. The lowest BCUT2D eigenvalue weighted by molar-refractivity contribution is -0.130. The summed E-state index contributed by atoms with van der Waals surface area (Å²) >= 11 is 1.53. The van der Waals surface area contributed by atoms with Gasteiger partial charge in [0.05, 0.1) is 12.2 Å². The first-order valence-electron chi connectivity index (χ1n) is 7.40. The van der Waals surface area contributed by atoms with Gasteiger partial charge < -0.3 is 10.6 Å². The number of piperazine rings is 1. The summed E-state index contributed by atoms with van der Waals surface area (Å²) < 4.78 is 1.63. The number of nitrogens with one attached hydrogen (secondary N) is 2. The van der Waals surface area contributed by atoms with E-state index in [1.54, 1.807) is 11.7 Å². The van der Waals surface area contributed by atoms with E-state index in [0.29, 0.717) is 18.9 Å². The van der Waals surface area contributed by atoms with Crippen LogP contribution in [0.5, 0.6) is 0 Å². The molecule has 3 rings (SSSR count). The molecule has 2 aromatic rings. The maximum atomic E-state index is 12.3. The van der Waals surface area contributed by atoms with Crippen LogP contribution in [0.2, 0.25) is 0 Å². The highest BCUT2D eigenvalue weighted by Crippen LogP contribution is 2.26. The Kier molecular flexibility index (Phi) is 4.44. The van der Waals surface area contributed by atoms with Crippen molar-refractivity contribution in [2.75, 3.05) is 25.0 Å². The molecular weight excluding hydrogens is 314 g/mol. The Morgan fingerprint density at radius 2 is 2.39 bits per heavy atom. The summed E-state index contributed by atoms with van der Waals surface area (Å²) in [7, 11) is 1.78. The molecule has 2 N–H and O–H groups in total. The fourth-order valence-corrected chi connectivity index (χ4v) is 3.59. The van der Waals surface area contributed by atoms with Crippen LogP contribution in [-0.4, -0.2) is 46.1 Å². The van der Waals surface area contributed by atoms with Crippen molar-refractivity contribution in [1.82, 2.24) is 20.0 Å². The van der Waals surface area contributed by atoms with E-state index in [2.05, 4.69) is 15.7 Å². The van der Waals surface area contributed by atoms with E-state index in [9.17, 15) is 9.59 Å². The molecule has 122 valence electrons. The predicted octanol–water partition coefficient (Wildman–Crippen LogP) is 0.902. The number of hydrogen-bond donors (Lipinski definition) is 2. The molecule has 1 aliphatic rings. The number of thiophene rings is 1. The quantitative estimate of drug-likeness (QED) is 0.871. The van der Waals surface area contributed by atoms with Gasteiger partial charge in [0.1, 0.15) is 11.9 Å². The van der Waals surface area contributed by atoms with Crippen molar-refractivity contribution in [3.05, 3.63) is 34.2 Å². The van der Waals surface area contributed by atoms with E-state index in [4.69, 9.17) is 0 Å². The van der Waals surface area contributed by atoms with Crippen molar-refractivity contribution in [3.63, 3.8) is 0 Å². The zero-order valence-electron chi connectivity index (χ0n) is 13.1. The number of hydrogen-bond acceptors (Lipinski definition) is 5. The number of aryl methyl sites for hydroxylation is 2. The molecule has 0 saturated carbocycles. The molecule has 3 heterocycles. The van der Waals surface area contributed by atoms with Gasteiger partial charge in [0.15, 0.2) is 0 Å². The van der Waals surface area contributed by atoms with Gasteiger partial charge in [0, 0.05) is 31.1 Å². The van der Waals surface area contributed by atoms with E-state index >= 15 is 0 Å². The molecule has 8 heteroatoms. The highest BCUT2D eigenvalue weighted by Gasteiger charge is 2.33. The zero-order chi connectivity index (χ0) is 16.4. The molecular formula is C15H19N5O2S. The van der Waals surface area contributed by atoms with Crippen molar-refractivity contribution in [1.29, 1.82) is 0 Å². The van der Waals surface area contributed by atoms with E-state index in [0.717, 1.165) is 10.6 Å². The van der Waals surface area contributed by atoms with Crippen LogP contribution in [0, 0.1) is 6.92 Å². The molecule has 0 spiro atoms. The maximum absolute atomic E-state index is 12.3. The monoisotopic (exact) mass is 333 g/mol. The summed E-state index contributed by atoms with van der Waals surface area (Å²) in [6, 6.07) is 5.26. The van der Waals surface area contributed by atoms with E-state index in [1.165, 1.54) is 11.3 Å². The molecule has 0 radical (unpaired) electrons. The Hall–Kier alpha value is -2.19. The Labute approximate surface area is 138 Å². The first-order chi connectivity index (χ1) is 11.0. The average Bonchev–Trinajstić information content (AvgIpc) is 3.09. The molecule has 0 aliphatic carbocycles. The van der Waals surface area contributed by atoms with Gasteiger partial charge in [-0.3, -0.25) is 19.2 Å². The summed E-state index contributed by atoms with van der Waals surface area (Å²) in [5, 5.41) is 11.9.